The number of nitrogens with zero attached hydrogens (tertiary/aromatic N) is 1. The molecular weight excluding hydrogens is 144 g/mol. The van der Waals surface area contributed by atoms with Gasteiger partial charge in [0.2, 0.25) is 0 Å². The predicted octanol–water partition coefficient (Wildman–Crippen LogP) is 0.124. The number of hydrogen-bond acceptors (Lipinski definition) is 3. The van der Waals surface area contributed by atoms with Gasteiger partial charge in [0.15, 0.2) is 6.20 Å². The molecule has 0 fully saturated rings. The molecule has 0 aliphatic carbocycles. The topological polar surface area (TPSA) is 48.2 Å². The van der Waals surface area contributed by atoms with Gasteiger partial charge in [-0.25, -0.2) is 0 Å². The Morgan fingerprint density at radius 2 is 2.55 bits per heavy atom. The van der Waals surface area contributed by atoms with Gasteiger partial charge in [-0.3, -0.25) is 0 Å². The van der Waals surface area contributed by atoms with Crippen LogP contribution in [-0.4, -0.2) is 13.2 Å². The van der Waals surface area contributed by atoms with Gasteiger partial charge in [0.05, 0.1) is 0 Å². The summed E-state index contributed by atoms with van der Waals surface area (Å²) >= 11 is 0. The Kier molecular flexibility index (Phi) is 1.31. The highest BCUT2D eigenvalue weighted by molar-refractivity contribution is 5.50. The average Bonchev–Trinajstić information content (AvgIpc) is 2.06. The van der Waals surface area contributed by atoms with E-state index in [0.717, 1.165) is 17.0 Å². The molecule has 1 aliphatic heterocycles. The first kappa shape index (κ1) is 6.27. The second-order valence-electron chi connectivity index (χ2n) is 2.33. The van der Waals surface area contributed by atoms with E-state index in [0.29, 0.717) is 12.5 Å². The molecule has 11 heavy (non-hydrogen) atoms. The zero-order valence-corrected chi connectivity index (χ0v) is 5.91. The number of fused-ring (bicyclic) bond motifs is 1. The summed E-state index contributed by atoms with van der Waals surface area (Å²) in [6.45, 7) is 1.32. The Hall–Kier alpha value is -1.45. The van der Waals surface area contributed by atoms with Crippen molar-refractivity contribution in [2.24, 2.45) is 0 Å². The molecule has 4 heteroatoms. The maximum atomic E-state index is 11.0. The second kappa shape index (κ2) is 2.30. The molecular formula is C7H8N2O2. The number of hydrogen-bond donors (Lipinski definition) is 1. The molecule has 2 rings (SSSR count). The van der Waals surface area contributed by atoms with Gasteiger partial charge in [-0.15, -0.1) is 4.73 Å². The minimum Gasteiger partial charge on any atom is -0.616 e. The summed E-state index contributed by atoms with van der Waals surface area (Å²) in [5.74, 6) is 0.374. The zero-order chi connectivity index (χ0) is 7.68. The Morgan fingerprint density at radius 3 is 3.36 bits per heavy atom. The van der Waals surface area contributed by atoms with Crippen molar-refractivity contribution < 1.29 is 9.47 Å². The van der Waals surface area contributed by atoms with E-state index in [1.54, 1.807) is 6.07 Å². The van der Waals surface area contributed by atoms with Crippen LogP contribution in [0.2, 0.25) is 0 Å². The molecule has 1 aromatic rings. The molecule has 0 radical (unpaired) electrons. The first-order valence-electron chi connectivity index (χ1n) is 3.47. The molecule has 0 spiro atoms. The van der Waals surface area contributed by atoms with Crippen molar-refractivity contribution in [2.45, 2.75) is 0 Å². The molecule has 58 valence electrons. The molecule has 0 atom stereocenters. The van der Waals surface area contributed by atoms with Crippen molar-refractivity contribution in [3.63, 3.8) is 0 Å². The van der Waals surface area contributed by atoms with Crippen molar-refractivity contribution in [3.8, 4) is 5.88 Å². The zero-order valence-electron chi connectivity index (χ0n) is 5.91. The molecule has 0 amide bonds. The third-order valence-electron chi connectivity index (χ3n) is 1.57. The van der Waals surface area contributed by atoms with Gasteiger partial charge in [-0.1, -0.05) is 0 Å². The summed E-state index contributed by atoms with van der Waals surface area (Å²) in [4.78, 5) is 0. The van der Waals surface area contributed by atoms with Crippen LogP contribution in [0.25, 0.3) is 0 Å². The average molecular weight is 152 g/mol. The van der Waals surface area contributed by atoms with Gasteiger partial charge in [0.25, 0.3) is 0 Å². The van der Waals surface area contributed by atoms with E-state index in [9.17, 15) is 5.21 Å². The predicted molar refractivity (Wildman–Crippen MR) is 39.4 cm³/mol. The van der Waals surface area contributed by atoms with Crippen molar-refractivity contribution in [3.05, 3.63) is 23.5 Å². The van der Waals surface area contributed by atoms with Crippen LogP contribution in [0.15, 0.2) is 18.3 Å². The van der Waals surface area contributed by atoms with Crippen LogP contribution in [0.5, 0.6) is 5.88 Å². The molecule has 0 aromatic carbocycles. The molecule has 1 N–H and O–H groups in total. The van der Waals surface area contributed by atoms with E-state index in [2.05, 4.69) is 5.32 Å². The molecule has 0 bridgehead atoms. The minimum absolute atomic E-state index is 0.374. The summed E-state index contributed by atoms with van der Waals surface area (Å²) in [5, 5.41) is 14.1. The van der Waals surface area contributed by atoms with Gasteiger partial charge < -0.3 is 15.3 Å². The van der Waals surface area contributed by atoms with Crippen LogP contribution < -0.4 is 14.8 Å². The number of rotatable bonds is 0. The Labute approximate surface area is 64.0 Å². The smallest absolute Gasteiger partial charge is 0.403 e. The van der Waals surface area contributed by atoms with Crippen molar-refractivity contribution >= 4 is 5.69 Å². The Morgan fingerprint density at radius 1 is 1.64 bits per heavy atom. The Balaban J connectivity index is 2.49. The molecule has 2 heterocycles. The standard InChI is InChI=1S/C7H8N2O2/c10-9-4-1-2-6-7(9)11-5-3-8-6/h1-2,4,8H,3,5H2. The fourth-order valence-electron chi connectivity index (χ4n) is 1.08. The fraction of sp³-hybridized carbons (Fsp3) is 0.286. The molecule has 1 aromatic heterocycles. The lowest BCUT2D eigenvalue weighted by Crippen LogP contribution is -2.33. The first-order chi connectivity index (χ1) is 5.38. The van der Waals surface area contributed by atoms with E-state index in [1.807, 2.05) is 6.07 Å². The monoisotopic (exact) mass is 152 g/mol. The highest BCUT2D eigenvalue weighted by atomic mass is 16.6. The SMILES string of the molecule is [O-][n+]1cccc2c1OCCN2. The van der Waals surface area contributed by atoms with Gasteiger partial charge in [0, 0.05) is 12.6 Å². The van der Waals surface area contributed by atoms with Crippen LogP contribution >= 0.6 is 0 Å². The van der Waals surface area contributed by atoms with Gasteiger partial charge in [0.1, 0.15) is 12.3 Å². The van der Waals surface area contributed by atoms with Crippen LogP contribution in [-0.2, 0) is 0 Å². The fourth-order valence-corrected chi connectivity index (χ4v) is 1.08. The van der Waals surface area contributed by atoms with Gasteiger partial charge in [-0.2, -0.15) is 0 Å². The van der Waals surface area contributed by atoms with Crippen LogP contribution in [0.1, 0.15) is 0 Å². The molecule has 0 saturated carbocycles. The lowest BCUT2D eigenvalue weighted by atomic mass is 10.3. The summed E-state index contributed by atoms with van der Waals surface area (Å²) in [6, 6.07) is 3.51. The summed E-state index contributed by atoms with van der Waals surface area (Å²) in [7, 11) is 0. The minimum atomic E-state index is 0.374. The first-order valence-corrected chi connectivity index (χ1v) is 3.47. The Bertz CT molecular complexity index is 275. The third kappa shape index (κ3) is 0.960. The molecule has 0 unspecified atom stereocenters. The molecule has 0 saturated heterocycles. The van der Waals surface area contributed by atoms with Crippen molar-refractivity contribution in [1.82, 2.24) is 0 Å². The van der Waals surface area contributed by atoms with E-state index >= 15 is 0 Å². The van der Waals surface area contributed by atoms with E-state index < -0.39 is 0 Å². The molecule has 4 nitrogen and oxygen atoms in total. The van der Waals surface area contributed by atoms with Crippen LogP contribution in [0.3, 0.4) is 0 Å². The lowest BCUT2D eigenvalue weighted by molar-refractivity contribution is -0.612. The normalized spacial score (nSPS) is 14.5. The number of pyridine rings is 1. The third-order valence-corrected chi connectivity index (χ3v) is 1.57. The number of anilines is 1. The van der Waals surface area contributed by atoms with E-state index in [-0.39, 0.29) is 0 Å². The second-order valence-corrected chi connectivity index (χ2v) is 2.33. The number of nitrogens with one attached hydrogen (secondary N) is 1. The van der Waals surface area contributed by atoms with Gasteiger partial charge >= 0.3 is 5.88 Å². The quantitative estimate of drug-likeness (QED) is 0.424. The molecule has 1 aliphatic rings. The van der Waals surface area contributed by atoms with Crippen LogP contribution in [0, 0.1) is 5.21 Å². The highest BCUT2D eigenvalue weighted by Gasteiger charge is 2.16. The largest absolute Gasteiger partial charge is 0.616 e. The van der Waals surface area contributed by atoms with Gasteiger partial charge in [-0.05, 0) is 6.07 Å². The van der Waals surface area contributed by atoms with E-state index in [4.69, 9.17) is 4.74 Å². The summed E-state index contributed by atoms with van der Waals surface area (Å²) in [5.41, 5.74) is 0.772. The summed E-state index contributed by atoms with van der Waals surface area (Å²) in [6.07, 6.45) is 1.42. The van der Waals surface area contributed by atoms with Crippen molar-refractivity contribution in [2.75, 3.05) is 18.5 Å². The maximum Gasteiger partial charge on any atom is 0.403 e. The number of aromatic nitrogens is 1. The van der Waals surface area contributed by atoms with E-state index in [1.165, 1.54) is 6.20 Å². The van der Waals surface area contributed by atoms with Crippen LogP contribution in [0.4, 0.5) is 5.69 Å². The summed E-state index contributed by atoms with van der Waals surface area (Å²) < 4.78 is 5.87. The maximum absolute atomic E-state index is 11.0. The highest BCUT2D eigenvalue weighted by Crippen LogP contribution is 2.20. The lowest BCUT2D eigenvalue weighted by Gasteiger charge is -2.16. The van der Waals surface area contributed by atoms with Crippen molar-refractivity contribution in [1.29, 1.82) is 0 Å². The number of ether oxygens (including phenoxy) is 1.